The van der Waals surface area contributed by atoms with E-state index in [1.807, 2.05) is 30.3 Å². The number of amides is 1. The summed E-state index contributed by atoms with van der Waals surface area (Å²) in [7, 11) is 0. The van der Waals surface area contributed by atoms with Crippen molar-refractivity contribution in [1.82, 2.24) is 15.0 Å². The molecule has 0 bridgehead atoms. The number of aryl methyl sites for hydroxylation is 2. The van der Waals surface area contributed by atoms with E-state index in [4.69, 9.17) is 0 Å². The first kappa shape index (κ1) is 18.9. The first-order chi connectivity index (χ1) is 13.6. The first-order valence-electron chi connectivity index (χ1n) is 9.21. The van der Waals surface area contributed by atoms with Crippen LogP contribution in [0, 0.1) is 0 Å². The smallest absolute Gasteiger partial charge is 0.252 e. The monoisotopic (exact) mass is 412 g/mol. The van der Waals surface area contributed by atoms with Gasteiger partial charge in [-0.2, -0.15) is 0 Å². The molecule has 0 radical (unpaired) electrons. The van der Waals surface area contributed by atoms with Gasteiger partial charge in [0.2, 0.25) is 5.91 Å². The number of aromatic amines is 1. The zero-order valence-electron chi connectivity index (χ0n) is 15.4. The van der Waals surface area contributed by atoms with Crippen LogP contribution in [0.5, 0.6) is 0 Å². The van der Waals surface area contributed by atoms with E-state index in [0.717, 1.165) is 30.5 Å². The molecule has 144 valence electrons. The third-order valence-electron chi connectivity index (χ3n) is 4.52. The second kappa shape index (κ2) is 8.28. The average molecular weight is 413 g/mol. The summed E-state index contributed by atoms with van der Waals surface area (Å²) < 4.78 is 0. The Labute approximate surface area is 170 Å². The summed E-state index contributed by atoms with van der Waals surface area (Å²) in [5.74, 6) is -0.149. The van der Waals surface area contributed by atoms with E-state index in [1.54, 1.807) is 18.3 Å². The first-order valence-corrected chi connectivity index (χ1v) is 10.9. The van der Waals surface area contributed by atoms with Crippen LogP contribution in [0.2, 0.25) is 0 Å². The molecule has 3 aromatic rings. The number of carbonyl (C=O) groups excluding carboxylic acids is 1. The van der Waals surface area contributed by atoms with Gasteiger partial charge in [0.15, 0.2) is 10.3 Å². The molecule has 1 aliphatic rings. The molecule has 1 atom stereocenters. The van der Waals surface area contributed by atoms with Gasteiger partial charge in [0.1, 0.15) is 0 Å². The number of aromatic nitrogens is 3. The molecule has 28 heavy (non-hydrogen) atoms. The molecule has 8 heteroatoms. The Balaban J connectivity index is 1.46. The SMILES string of the molecule is CC(Sc1nc(-c2ccccc2)cc(=O)[nH]1)C(=O)Nc1nc2c(s1)CCCC2. The number of nitrogens with zero attached hydrogens (tertiary/aromatic N) is 2. The zero-order valence-corrected chi connectivity index (χ0v) is 17.0. The van der Waals surface area contributed by atoms with Gasteiger partial charge in [0, 0.05) is 16.5 Å². The van der Waals surface area contributed by atoms with Gasteiger partial charge in [0.25, 0.3) is 5.56 Å². The van der Waals surface area contributed by atoms with Crippen molar-refractivity contribution in [3.63, 3.8) is 0 Å². The molecule has 6 nitrogen and oxygen atoms in total. The molecule has 2 aromatic heterocycles. The van der Waals surface area contributed by atoms with Crippen LogP contribution in [0.3, 0.4) is 0 Å². The lowest BCUT2D eigenvalue weighted by Gasteiger charge is -2.10. The van der Waals surface area contributed by atoms with E-state index in [1.165, 1.54) is 29.1 Å². The Morgan fingerprint density at radius 1 is 1.21 bits per heavy atom. The molecule has 4 rings (SSSR count). The summed E-state index contributed by atoms with van der Waals surface area (Å²) in [4.78, 5) is 37.6. The Morgan fingerprint density at radius 3 is 2.79 bits per heavy atom. The van der Waals surface area contributed by atoms with Gasteiger partial charge in [-0.3, -0.25) is 9.59 Å². The summed E-state index contributed by atoms with van der Waals surface area (Å²) in [6, 6.07) is 11.0. The summed E-state index contributed by atoms with van der Waals surface area (Å²) in [6.07, 6.45) is 4.38. The highest BCUT2D eigenvalue weighted by molar-refractivity contribution is 8.00. The van der Waals surface area contributed by atoms with E-state index in [0.29, 0.717) is 16.0 Å². The number of fused-ring (bicyclic) bond motifs is 1. The van der Waals surface area contributed by atoms with Crippen LogP contribution < -0.4 is 10.9 Å². The fraction of sp³-hybridized carbons (Fsp3) is 0.300. The lowest BCUT2D eigenvalue weighted by molar-refractivity contribution is -0.115. The summed E-state index contributed by atoms with van der Waals surface area (Å²) in [6.45, 7) is 1.79. The topological polar surface area (TPSA) is 87.7 Å². The lowest BCUT2D eigenvalue weighted by Crippen LogP contribution is -2.23. The van der Waals surface area contributed by atoms with Crippen molar-refractivity contribution in [2.24, 2.45) is 0 Å². The van der Waals surface area contributed by atoms with Gasteiger partial charge in [-0.15, -0.1) is 11.3 Å². The Bertz CT molecular complexity index is 1020. The molecular formula is C20H20N4O2S2. The van der Waals surface area contributed by atoms with Crippen LogP contribution in [-0.2, 0) is 17.6 Å². The van der Waals surface area contributed by atoms with Gasteiger partial charge >= 0.3 is 0 Å². The lowest BCUT2D eigenvalue weighted by atomic mass is 10.0. The molecule has 0 fully saturated rings. The predicted octanol–water partition coefficient (Wildman–Crippen LogP) is 3.89. The Hall–Kier alpha value is -2.45. The van der Waals surface area contributed by atoms with Crippen molar-refractivity contribution in [3.8, 4) is 11.3 Å². The van der Waals surface area contributed by atoms with Crippen molar-refractivity contribution in [1.29, 1.82) is 0 Å². The van der Waals surface area contributed by atoms with Gasteiger partial charge in [-0.1, -0.05) is 42.1 Å². The van der Waals surface area contributed by atoms with Crippen LogP contribution in [0.4, 0.5) is 5.13 Å². The highest BCUT2D eigenvalue weighted by Crippen LogP contribution is 2.30. The highest BCUT2D eigenvalue weighted by Gasteiger charge is 2.20. The number of nitrogens with one attached hydrogen (secondary N) is 2. The molecular weight excluding hydrogens is 392 g/mol. The fourth-order valence-corrected chi connectivity index (χ4v) is 4.95. The van der Waals surface area contributed by atoms with Crippen molar-refractivity contribution in [3.05, 3.63) is 57.3 Å². The number of anilines is 1. The molecule has 1 unspecified atom stereocenters. The number of benzene rings is 1. The van der Waals surface area contributed by atoms with Crippen LogP contribution in [-0.4, -0.2) is 26.1 Å². The fourth-order valence-electron chi connectivity index (χ4n) is 3.08. The van der Waals surface area contributed by atoms with E-state index in [-0.39, 0.29) is 11.5 Å². The van der Waals surface area contributed by atoms with Gasteiger partial charge in [0.05, 0.1) is 16.6 Å². The molecule has 2 heterocycles. The van der Waals surface area contributed by atoms with Gasteiger partial charge in [-0.05, 0) is 32.6 Å². The molecule has 0 saturated carbocycles. The van der Waals surface area contributed by atoms with Crippen molar-refractivity contribution < 1.29 is 4.79 Å². The number of carbonyl (C=O) groups is 1. The largest absolute Gasteiger partial charge is 0.301 e. The quantitative estimate of drug-likeness (QED) is 0.490. The predicted molar refractivity (Wildman–Crippen MR) is 113 cm³/mol. The highest BCUT2D eigenvalue weighted by atomic mass is 32.2. The van der Waals surface area contributed by atoms with Crippen LogP contribution in [0.25, 0.3) is 11.3 Å². The van der Waals surface area contributed by atoms with E-state index < -0.39 is 5.25 Å². The summed E-state index contributed by atoms with van der Waals surface area (Å²) in [5, 5.41) is 3.57. The third-order valence-corrected chi connectivity index (χ3v) is 6.58. The molecule has 0 aliphatic heterocycles. The molecule has 0 saturated heterocycles. The number of hydrogen-bond acceptors (Lipinski definition) is 6. The zero-order chi connectivity index (χ0) is 19.5. The van der Waals surface area contributed by atoms with Crippen molar-refractivity contribution in [2.75, 3.05) is 5.32 Å². The van der Waals surface area contributed by atoms with Gasteiger partial charge < -0.3 is 10.3 Å². The van der Waals surface area contributed by atoms with Crippen LogP contribution >= 0.6 is 23.1 Å². The van der Waals surface area contributed by atoms with E-state index in [9.17, 15) is 9.59 Å². The molecule has 2 N–H and O–H groups in total. The second-order valence-corrected chi connectivity index (χ2v) is 9.06. The van der Waals surface area contributed by atoms with E-state index >= 15 is 0 Å². The van der Waals surface area contributed by atoms with Crippen molar-refractivity contribution in [2.45, 2.75) is 43.0 Å². The molecule has 1 aromatic carbocycles. The minimum absolute atomic E-state index is 0.149. The average Bonchev–Trinajstić information content (AvgIpc) is 3.10. The Morgan fingerprint density at radius 2 is 2.00 bits per heavy atom. The normalized spacial score (nSPS) is 14.3. The number of hydrogen-bond donors (Lipinski definition) is 2. The number of rotatable bonds is 5. The van der Waals surface area contributed by atoms with Crippen LogP contribution in [0.1, 0.15) is 30.3 Å². The Kier molecular flexibility index (Phi) is 5.59. The maximum atomic E-state index is 12.6. The number of H-pyrrole nitrogens is 1. The minimum Gasteiger partial charge on any atom is -0.301 e. The van der Waals surface area contributed by atoms with Crippen molar-refractivity contribution >= 4 is 34.1 Å². The second-order valence-electron chi connectivity index (χ2n) is 6.65. The van der Waals surface area contributed by atoms with Gasteiger partial charge in [-0.25, -0.2) is 9.97 Å². The summed E-state index contributed by atoms with van der Waals surface area (Å²) >= 11 is 2.79. The molecule has 0 spiro atoms. The molecule has 1 amide bonds. The number of thiazole rings is 1. The number of thioether (sulfide) groups is 1. The summed E-state index contributed by atoms with van der Waals surface area (Å²) in [5.41, 5.74) is 2.33. The van der Waals surface area contributed by atoms with E-state index in [2.05, 4.69) is 20.3 Å². The maximum absolute atomic E-state index is 12.6. The maximum Gasteiger partial charge on any atom is 0.252 e. The third kappa shape index (κ3) is 4.34. The molecule has 1 aliphatic carbocycles. The van der Waals surface area contributed by atoms with Crippen LogP contribution in [0.15, 0.2) is 46.3 Å². The minimum atomic E-state index is -0.421. The standard InChI is InChI=1S/C20H20N4O2S2/c1-12(18(26)24-20-21-14-9-5-6-10-16(14)28-20)27-19-22-15(11-17(25)23-19)13-7-3-2-4-8-13/h2-4,7-8,11-12H,5-6,9-10H2,1H3,(H,21,24,26)(H,22,23,25).